The number of hydrogen-bond acceptors (Lipinski definition) is 2. The van der Waals surface area contributed by atoms with E-state index in [4.69, 9.17) is 4.74 Å². The minimum absolute atomic E-state index is 0.0786. The summed E-state index contributed by atoms with van der Waals surface area (Å²) in [6.07, 6.45) is 1.10. The van der Waals surface area contributed by atoms with Crippen molar-refractivity contribution in [1.82, 2.24) is 5.32 Å². The van der Waals surface area contributed by atoms with Crippen LogP contribution in [0.2, 0.25) is 0 Å². The molecule has 1 aliphatic rings. The highest BCUT2D eigenvalue weighted by Crippen LogP contribution is 2.30. The molecule has 0 radical (unpaired) electrons. The average molecular weight is 205 g/mol. The molecule has 1 heterocycles. The molecule has 1 aromatic rings. The van der Waals surface area contributed by atoms with E-state index in [1.54, 1.807) is 0 Å². The Morgan fingerprint density at radius 2 is 2.00 bits per heavy atom. The van der Waals surface area contributed by atoms with Crippen LogP contribution in [0.4, 0.5) is 0 Å². The molecule has 1 aromatic carbocycles. The third-order valence-corrected chi connectivity index (χ3v) is 3.37. The third-order valence-electron chi connectivity index (χ3n) is 3.37. The largest absolute Gasteiger partial charge is 0.376 e. The van der Waals surface area contributed by atoms with E-state index < -0.39 is 0 Å². The molecule has 0 spiro atoms. The molecule has 1 unspecified atom stereocenters. The van der Waals surface area contributed by atoms with Gasteiger partial charge in [-0.05, 0) is 17.9 Å². The summed E-state index contributed by atoms with van der Waals surface area (Å²) in [7, 11) is 1.82. The zero-order valence-corrected chi connectivity index (χ0v) is 9.49. The molecule has 1 aliphatic heterocycles. The second-order valence-electron chi connectivity index (χ2n) is 4.51. The third kappa shape index (κ3) is 2.21. The predicted molar refractivity (Wildman–Crippen MR) is 62.1 cm³/mol. The van der Waals surface area contributed by atoms with Crippen molar-refractivity contribution < 1.29 is 4.74 Å². The van der Waals surface area contributed by atoms with Gasteiger partial charge in [0.2, 0.25) is 0 Å². The summed E-state index contributed by atoms with van der Waals surface area (Å²) < 4.78 is 5.60. The number of ether oxygens (including phenoxy) is 1. The van der Waals surface area contributed by atoms with Crippen molar-refractivity contribution in [3.05, 3.63) is 35.9 Å². The van der Waals surface area contributed by atoms with Crippen LogP contribution in [0.15, 0.2) is 30.3 Å². The predicted octanol–water partition coefficient (Wildman–Crippen LogP) is 2.17. The molecular formula is C13H19NO. The van der Waals surface area contributed by atoms with Crippen LogP contribution in [0.5, 0.6) is 0 Å². The van der Waals surface area contributed by atoms with Crippen molar-refractivity contribution >= 4 is 0 Å². The van der Waals surface area contributed by atoms with Crippen LogP contribution in [0.25, 0.3) is 0 Å². The summed E-state index contributed by atoms with van der Waals surface area (Å²) in [6, 6.07) is 10.7. The van der Waals surface area contributed by atoms with E-state index in [1.165, 1.54) is 5.56 Å². The molecule has 0 bridgehead atoms. The summed E-state index contributed by atoms with van der Waals surface area (Å²) in [4.78, 5) is 0. The Morgan fingerprint density at radius 1 is 1.33 bits per heavy atom. The van der Waals surface area contributed by atoms with Crippen LogP contribution < -0.4 is 5.32 Å². The maximum atomic E-state index is 5.60. The summed E-state index contributed by atoms with van der Waals surface area (Å²) in [5.74, 6) is 0.563. The quantitative estimate of drug-likeness (QED) is 0.813. The fourth-order valence-electron chi connectivity index (χ4n) is 2.23. The highest BCUT2D eigenvalue weighted by Gasteiger charge is 2.38. The maximum Gasteiger partial charge on any atom is 0.0931 e. The van der Waals surface area contributed by atoms with Crippen molar-refractivity contribution in [1.29, 1.82) is 0 Å². The molecule has 0 aliphatic carbocycles. The highest BCUT2D eigenvalue weighted by molar-refractivity contribution is 5.20. The Morgan fingerprint density at radius 3 is 2.47 bits per heavy atom. The first-order valence-corrected chi connectivity index (χ1v) is 5.57. The maximum absolute atomic E-state index is 5.60. The lowest BCUT2D eigenvalue weighted by Gasteiger charge is -2.43. The van der Waals surface area contributed by atoms with Gasteiger partial charge in [0.25, 0.3) is 0 Å². The van der Waals surface area contributed by atoms with Gasteiger partial charge in [-0.1, -0.05) is 37.3 Å². The van der Waals surface area contributed by atoms with Crippen LogP contribution >= 0.6 is 0 Å². The fraction of sp³-hybridized carbons (Fsp3) is 0.538. The van der Waals surface area contributed by atoms with E-state index in [-0.39, 0.29) is 5.60 Å². The van der Waals surface area contributed by atoms with Crippen molar-refractivity contribution in [3.8, 4) is 0 Å². The van der Waals surface area contributed by atoms with Crippen LogP contribution in [-0.2, 0) is 4.74 Å². The lowest BCUT2D eigenvalue weighted by atomic mass is 9.83. The molecule has 2 rings (SSSR count). The molecule has 82 valence electrons. The summed E-state index contributed by atoms with van der Waals surface area (Å²) in [6.45, 7) is 4.25. The molecule has 2 heteroatoms. The van der Waals surface area contributed by atoms with Gasteiger partial charge in [0.05, 0.1) is 5.60 Å². The fourth-order valence-corrected chi connectivity index (χ4v) is 2.23. The zero-order valence-electron chi connectivity index (χ0n) is 9.49. The molecule has 15 heavy (non-hydrogen) atoms. The Bertz CT molecular complexity index is 300. The van der Waals surface area contributed by atoms with Crippen LogP contribution in [-0.4, -0.2) is 25.8 Å². The van der Waals surface area contributed by atoms with Gasteiger partial charge < -0.3 is 10.1 Å². The first-order chi connectivity index (χ1) is 7.26. The zero-order chi connectivity index (χ0) is 10.7. The molecule has 0 amide bonds. The van der Waals surface area contributed by atoms with E-state index in [2.05, 4.69) is 42.6 Å². The van der Waals surface area contributed by atoms with E-state index >= 15 is 0 Å². The number of rotatable bonds is 4. The van der Waals surface area contributed by atoms with Gasteiger partial charge in [0, 0.05) is 20.2 Å². The first kappa shape index (κ1) is 10.7. The van der Waals surface area contributed by atoms with Gasteiger partial charge in [-0.3, -0.25) is 0 Å². The lowest BCUT2D eigenvalue weighted by Crippen LogP contribution is -2.61. The van der Waals surface area contributed by atoms with Crippen molar-refractivity contribution in [2.75, 3.05) is 20.2 Å². The molecule has 1 atom stereocenters. The number of methoxy groups -OCH3 is 1. The van der Waals surface area contributed by atoms with E-state index in [0.717, 1.165) is 19.5 Å². The monoisotopic (exact) mass is 205 g/mol. The van der Waals surface area contributed by atoms with E-state index in [9.17, 15) is 0 Å². The lowest BCUT2D eigenvalue weighted by molar-refractivity contribution is -0.0607. The molecule has 2 nitrogen and oxygen atoms in total. The Balaban J connectivity index is 2.00. The SMILES string of the molecule is COC1(CC(C)c2ccccc2)CNC1. The Labute approximate surface area is 91.6 Å². The second kappa shape index (κ2) is 4.33. The topological polar surface area (TPSA) is 21.3 Å². The molecular weight excluding hydrogens is 186 g/mol. The van der Waals surface area contributed by atoms with E-state index in [1.807, 2.05) is 7.11 Å². The van der Waals surface area contributed by atoms with Crippen LogP contribution in [0.1, 0.15) is 24.8 Å². The van der Waals surface area contributed by atoms with Gasteiger partial charge in [-0.25, -0.2) is 0 Å². The van der Waals surface area contributed by atoms with Crippen molar-refractivity contribution in [2.45, 2.75) is 24.9 Å². The summed E-state index contributed by atoms with van der Waals surface area (Å²) in [5.41, 5.74) is 1.48. The first-order valence-electron chi connectivity index (χ1n) is 5.57. The molecule has 0 aromatic heterocycles. The van der Waals surface area contributed by atoms with Gasteiger partial charge in [-0.15, -0.1) is 0 Å². The molecule has 1 N–H and O–H groups in total. The smallest absolute Gasteiger partial charge is 0.0931 e. The Kier molecular flexibility index (Phi) is 3.08. The van der Waals surface area contributed by atoms with Crippen LogP contribution in [0, 0.1) is 0 Å². The number of benzene rings is 1. The minimum Gasteiger partial charge on any atom is -0.376 e. The van der Waals surface area contributed by atoms with Crippen molar-refractivity contribution in [3.63, 3.8) is 0 Å². The Hall–Kier alpha value is -0.860. The standard InChI is InChI=1S/C13H19NO/c1-11(12-6-4-3-5-7-12)8-13(15-2)9-14-10-13/h3-7,11,14H,8-10H2,1-2H3. The number of nitrogens with one attached hydrogen (secondary N) is 1. The molecule has 1 fully saturated rings. The van der Waals surface area contributed by atoms with E-state index in [0.29, 0.717) is 5.92 Å². The van der Waals surface area contributed by atoms with Gasteiger partial charge in [-0.2, -0.15) is 0 Å². The summed E-state index contributed by atoms with van der Waals surface area (Å²) >= 11 is 0. The van der Waals surface area contributed by atoms with Gasteiger partial charge >= 0.3 is 0 Å². The van der Waals surface area contributed by atoms with Gasteiger partial charge in [0.1, 0.15) is 0 Å². The normalized spacial score (nSPS) is 20.7. The van der Waals surface area contributed by atoms with Crippen molar-refractivity contribution in [2.24, 2.45) is 0 Å². The highest BCUT2D eigenvalue weighted by atomic mass is 16.5. The minimum atomic E-state index is 0.0786. The number of hydrogen-bond donors (Lipinski definition) is 1. The average Bonchev–Trinajstić information content (AvgIpc) is 2.24. The molecule has 1 saturated heterocycles. The van der Waals surface area contributed by atoms with Crippen LogP contribution in [0.3, 0.4) is 0 Å². The molecule has 0 saturated carbocycles. The van der Waals surface area contributed by atoms with Gasteiger partial charge in [0.15, 0.2) is 0 Å². The second-order valence-corrected chi connectivity index (χ2v) is 4.51. The summed E-state index contributed by atoms with van der Waals surface area (Å²) in [5, 5.41) is 3.28.